The minimum absolute atomic E-state index is 0.341. The molecule has 0 aromatic heterocycles. The van der Waals surface area contributed by atoms with Crippen molar-refractivity contribution >= 4 is 0 Å². The van der Waals surface area contributed by atoms with E-state index in [4.69, 9.17) is 0 Å². The van der Waals surface area contributed by atoms with Crippen molar-refractivity contribution in [3.05, 3.63) is 41.8 Å². The first-order valence-electron chi connectivity index (χ1n) is 4.82. The Hall–Kier alpha value is -0.990. The molecule has 0 spiro atoms. The highest BCUT2D eigenvalue weighted by atomic mass is 19.4. The van der Waals surface area contributed by atoms with Gasteiger partial charge in [0.25, 0.3) is 0 Å². The van der Waals surface area contributed by atoms with Crippen LogP contribution < -0.4 is 0 Å². The molecule has 1 radical (unpaired) electrons. The fourth-order valence-electron chi connectivity index (χ4n) is 1.52. The van der Waals surface area contributed by atoms with Crippen molar-refractivity contribution in [2.45, 2.75) is 26.4 Å². The monoisotopic (exact) mass is 215 g/mol. The Morgan fingerprint density at radius 3 is 2.27 bits per heavy atom. The molecule has 3 heteroatoms. The average molecular weight is 215 g/mol. The van der Waals surface area contributed by atoms with Crippen LogP contribution in [0, 0.1) is 12.8 Å². The van der Waals surface area contributed by atoms with Gasteiger partial charge in [0.2, 0.25) is 0 Å². The molecule has 83 valence electrons. The Morgan fingerprint density at radius 1 is 1.20 bits per heavy atom. The molecule has 0 saturated heterocycles. The molecule has 0 aliphatic rings. The van der Waals surface area contributed by atoms with Crippen LogP contribution in [0.1, 0.15) is 30.5 Å². The van der Waals surface area contributed by atoms with Crippen LogP contribution in [0.15, 0.2) is 18.2 Å². The van der Waals surface area contributed by atoms with Crippen LogP contribution in [0.3, 0.4) is 0 Å². The molecule has 0 aliphatic carbocycles. The van der Waals surface area contributed by atoms with E-state index < -0.39 is 11.7 Å². The van der Waals surface area contributed by atoms with Crippen molar-refractivity contribution in [2.24, 2.45) is 5.92 Å². The molecule has 1 aromatic rings. The summed E-state index contributed by atoms with van der Waals surface area (Å²) in [5.41, 5.74) is 0.510. The molecule has 0 nitrogen and oxygen atoms in total. The van der Waals surface area contributed by atoms with E-state index in [9.17, 15) is 13.2 Å². The molecular formula is C12H14F3. The molecular weight excluding hydrogens is 201 g/mol. The molecule has 0 saturated carbocycles. The Morgan fingerprint density at radius 2 is 1.80 bits per heavy atom. The average Bonchev–Trinajstić information content (AvgIpc) is 1.99. The molecule has 15 heavy (non-hydrogen) atoms. The van der Waals surface area contributed by atoms with Crippen molar-refractivity contribution < 1.29 is 13.2 Å². The predicted molar refractivity (Wildman–Crippen MR) is 54.4 cm³/mol. The Balaban J connectivity index is 3.06. The van der Waals surface area contributed by atoms with Crippen molar-refractivity contribution in [3.8, 4) is 0 Å². The van der Waals surface area contributed by atoms with Crippen LogP contribution in [-0.2, 0) is 12.6 Å². The third-order valence-corrected chi connectivity index (χ3v) is 2.02. The van der Waals surface area contributed by atoms with Gasteiger partial charge in [0.15, 0.2) is 0 Å². The first-order chi connectivity index (χ1) is 6.79. The van der Waals surface area contributed by atoms with Gasteiger partial charge in [-0.25, -0.2) is 0 Å². The second-order valence-corrected chi connectivity index (χ2v) is 4.13. The number of hydrogen-bond acceptors (Lipinski definition) is 0. The van der Waals surface area contributed by atoms with E-state index >= 15 is 0 Å². The molecule has 0 atom stereocenters. The summed E-state index contributed by atoms with van der Waals surface area (Å²) in [6.07, 6.45) is -3.63. The molecule has 0 unspecified atom stereocenters. The van der Waals surface area contributed by atoms with Gasteiger partial charge in [-0.05, 0) is 42.5 Å². The quantitative estimate of drug-likeness (QED) is 0.697. The maximum atomic E-state index is 12.5. The Labute approximate surface area is 88.1 Å². The molecule has 0 heterocycles. The van der Waals surface area contributed by atoms with E-state index in [0.29, 0.717) is 23.5 Å². The zero-order valence-corrected chi connectivity index (χ0v) is 8.86. The molecule has 0 amide bonds. The van der Waals surface area contributed by atoms with Crippen LogP contribution in [0.2, 0.25) is 0 Å². The summed E-state index contributed by atoms with van der Waals surface area (Å²) in [5, 5.41) is 0. The third kappa shape index (κ3) is 3.57. The van der Waals surface area contributed by atoms with Crippen molar-refractivity contribution in [1.82, 2.24) is 0 Å². The highest BCUT2D eigenvalue weighted by molar-refractivity contribution is 5.33. The van der Waals surface area contributed by atoms with Crippen LogP contribution in [0.25, 0.3) is 0 Å². The van der Waals surface area contributed by atoms with Gasteiger partial charge in [-0.3, -0.25) is 0 Å². The first kappa shape index (κ1) is 12.1. The molecule has 1 aromatic carbocycles. The second kappa shape index (κ2) is 4.25. The maximum Gasteiger partial charge on any atom is 0.416 e. The lowest BCUT2D eigenvalue weighted by Gasteiger charge is -2.11. The highest BCUT2D eigenvalue weighted by Crippen LogP contribution is 2.31. The number of alkyl halides is 3. The standard InChI is InChI=1S/C12H14F3/c1-8(2)4-10-5-9(3)6-11(7-10)12(13,14)15/h5-8H,3-4H2,1-2H3. The summed E-state index contributed by atoms with van der Waals surface area (Å²) >= 11 is 0. The lowest BCUT2D eigenvalue weighted by Crippen LogP contribution is -2.07. The van der Waals surface area contributed by atoms with E-state index in [1.165, 1.54) is 6.07 Å². The maximum absolute atomic E-state index is 12.5. The molecule has 1 rings (SSSR count). The normalized spacial score (nSPS) is 12.2. The summed E-state index contributed by atoms with van der Waals surface area (Å²) in [6, 6.07) is 3.98. The number of halogens is 3. The Bertz CT molecular complexity index is 337. The van der Waals surface area contributed by atoms with Crippen LogP contribution in [0.4, 0.5) is 13.2 Å². The third-order valence-electron chi connectivity index (χ3n) is 2.02. The van der Waals surface area contributed by atoms with E-state index in [1.54, 1.807) is 6.07 Å². The minimum Gasteiger partial charge on any atom is -0.166 e. The number of rotatable bonds is 2. The van der Waals surface area contributed by atoms with Gasteiger partial charge in [0.05, 0.1) is 5.56 Å². The summed E-state index contributed by atoms with van der Waals surface area (Å²) in [4.78, 5) is 0. The second-order valence-electron chi connectivity index (χ2n) is 4.13. The van der Waals surface area contributed by atoms with Gasteiger partial charge < -0.3 is 0 Å². The zero-order chi connectivity index (χ0) is 11.6. The van der Waals surface area contributed by atoms with Crippen LogP contribution >= 0.6 is 0 Å². The molecule has 0 bridgehead atoms. The topological polar surface area (TPSA) is 0 Å². The van der Waals surface area contributed by atoms with Gasteiger partial charge in [-0.2, -0.15) is 13.2 Å². The fourth-order valence-corrected chi connectivity index (χ4v) is 1.52. The van der Waals surface area contributed by atoms with Gasteiger partial charge in [-0.15, -0.1) is 0 Å². The predicted octanol–water partition coefficient (Wildman–Crippen LogP) is 4.09. The molecule has 0 aliphatic heterocycles. The van der Waals surface area contributed by atoms with E-state index in [2.05, 4.69) is 6.92 Å². The largest absolute Gasteiger partial charge is 0.416 e. The number of hydrogen-bond donors (Lipinski definition) is 0. The highest BCUT2D eigenvalue weighted by Gasteiger charge is 2.30. The minimum atomic E-state index is -4.28. The summed E-state index contributed by atoms with van der Waals surface area (Å²) in [5.74, 6) is 0.341. The van der Waals surface area contributed by atoms with Crippen LogP contribution in [0.5, 0.6) is 0 Å². The first-order valence-corrected chi connectivity index (χ1v) is 4.82. The van der Waals surface area contributed by atoms with Crippen molar-refractivity contribution in [1.29, 1.82) is 0 Å². The summed E-state index contributed by atoms with van der Waals surface area (Å²) < 4.78 is 37.4. The Kier molecular flexibility index (Phi) is 3.42. The van der Waals surface area contributed by atoms with Gasteiger partial charge in [-0.1, -0.05) is 19.9 Å². The zero-order valence-electron chi connectivity index (χ0n) is 8.86. The number of benzene rings is 1. The molecule has 0 N–H and O–H groups in total. The van der Waals surface area contributed by atoms with Gasteiger partial charge in [0.1, 0.15) is 0 Å². The van der Waals surface area contributed by atoms with E-state index in [-0.39, 0.29) is 0 Å². The summed E-state index contributed by atoms with van der Waals surface area (Å²) in [7, 11) is 0. The lowest BCUT2D eigenvalue weighted by atomic mass is 9.98. The van der Waals surface area contributed by atoms with Gasteiger partial charge in [0, 0.05) is 0 Å². The van der Waals surface area contributed by atoms with Gasteiger partial charge >= 0.3 is 6.18 Å². The van der Waals surface area contributed by atoms with Crippen molar-refractivity contribution in [2.75, 3.05) is 0 Å². The van der Waals surface area contributed by atoms with Crippen LogP contribution in [-0.4, -0.2) is 0 Å². The molecule has 0 fully saturated rings. The fraction of sp³-hybridized carbons (Fsp3) is 0.417. The summed E-state index contributed by atoms with van der Waals surface area (Å²) in [6.45, 7) is 7.51. The van der Waals surface area contributed by atoms with E-state index in [0.717, 1.165) is 6.07 Å². The smallest absolute Gasteiger partial charge is 0.166 e. The SMILES string of the molecule is [CH2]c1cc(CC(C)C)cc(C(F)(F)F)c1. The lowest BCUT2D eigenvalue weighted by molar-refractivity contribution is -0.137. The van der Waals surface area contributed by atoms with E-state index in [1.807, 2.05) is 13.8 Å². The van der Waals surface area contributed by atoms with Crippen molar-refractivity contribution in [3.63, 3.8) is 0 Å².